The van der Waals surface area contributed by atoms with E-state index in [4.69, 9.17) is 14.2 Å². The Morgan fingerprint density at radius 3 is 0.806 bits per heavy atom. The maximum atomic E-state index is 12.8. The first kappa shape index (κ1) is 60.2. The zero-order valence-corrected chi connectivity index (χ0v) is 41.9. The number of esters is 3. The minimum Gasteiger partial charge on any atom is -0.462 e. The fourth-order valence-electron chi connectivity index (χ4n) is 8.32. The van der Waals surface area contributed by atoms with Crippen LogP contribution in [0, 0.1) is 0 Å². The average Bonchev–Trinajstić information content (AvgIpc) is 3.27. The van der Waals surface area contributed by atoms with Gasteiger partial charge in [-0.2, -0.15) is 0 Å². The van der Waals surface area contributed by atoms with E-state index in [0.717, 1.165) is 57.8 Å². The summed E-state index contributed by atoms with van der Waals surface area (Å²) in [6.07, 6.45) is 57.6. The zero-order valence-electron chi connectivity index (χ0n) is 41.9. The smallest absolute Gasteiger partial charge is 0.306 e. The molecule has 0 heterocycles. The number of carbonyl (C=O) groups is 3. The van der Waals surface area contributed by atoms with Crippen LogP contribution < -0.4 is 0 Å². The molecule has 0 rings (SSSR count). The van der Waals surface area contributed by atoms with Crippen LogP contribution in [0.5, 0.6) is 0 Å². The highest BCUT2D eigenvalue weighted by Crippen LogP contribution is 2.17. The molecule has 0 radical (unpaired) electrons. The van der Waals surface area contributed by atoms with Crippen molar-refractivity contribution in [3.8, 4) is 0 Å². The minimum absolute atomic E-state index is 0.0655. The van der Waals surface area contributed by atoms with Crippen LogP contribution in [0.3, 0.4) is 0 Å². The summed E-state index contributed by atoms with van der Waals surface area (Å²) in [5.74, 6) is -0.849. The van der Waals surface area contributed by atoms with Gasteiger partial charge in [-0.3, -0.25) is 14.4 Å². The molecule has 6 heteroatoms. The maximum Gasteiger partial charge on any atom is 0.306 e. The third-order valence-electron chi connectivity index (χ3n) is 12.5. The second kappa shape index (κ2) is 51.8. The summed E-state index contributed by atoms with van der Waals surface area (Å²) >= 11 is 0. The van der Waals surface area contributed by atoms with Gasteiger partial charge in [-0.15, -0.1) is 0 Å². The van der Waals surface area contributed by atoms with E-state index in [2.05, 4.69) is 32.9 Å². The van der Waals surface area contributed by atoms with Crippen molar-refractivity contribution in [1.82, 2.24) is 0 Å². The van der Waals surface area contributed by atoms with Gasteiger partial charge in [0.25, 0.3) is 0 Å². The molecule has 1 atom stereocenters. The summed E-state index contributed by atoms with van der Waals surface area (Å²) in [5, 5.41) is 0. The maximum absolute atomic E-state index is 12.8. The minimum atomic E-state index is -0.765. The third kappa shape index (κ3) is 49.2. The van der Waals surface area contributed by atoms with E-state index in [1.807, 2.05) is 0 Å². The molecule has 366 valence electrons. The van der Waals surface area contributed by atoms with Crippen LogP contribution in [-0.2, 0) is 28.6 Å². The van der Waals surface area contributed by atoms with Gasteiger partial charge in [-0.25, -0.2) is 0 Å². The van der Waals surface area contributed by atoms with Crippen molar-refractivity contribution in [2.24, 2.45) is 0 Å². The number of unbranched alkanes of at least 4 members (excludes halogenated alkanes) is 38. The second-order valence-corrected chi connectivity index (χ2v) is 18.9. The molecule has 62 heavy (non-hydrogen) atoms. The molecule has 0 saturated carbocycles. The summed E-state index contributed by atoms with van der Waals surface area (Å²) in [5.41, 5.74) is 0. The Kier molecular flexibility index (Phi) is 50.2. The Morgan fingerprint density at radius 1 is 0.306 bits per heavy atom. The van der Waals surface area contributed by atoms with Gasteiger partial charge in [0, 0.05) is 19.3 Å². The average molecular weight is 875 g/mol. The molecule has 0 saturated heterocycles. The number of hydrogen-bond donors (Lipinski definition) is 0. The Bertz CT molecular complexity index is 962. The van der Waals surface area contributed by atoms with Crippen molar-refractivity contribution in [3.63, 3.8) is 0 Å². The third-order valence-corrected chi connectivity index (χ3v) is 12.5. The highest BCUT2D eigenvalue weighted by atomic mass is 16.6. The van der Waals surface area contributed by atoms with Crippen LogP contribution in [0.4, 0.5) is 0 Å². The van der Waals surface area contributed by atoms with Gasteiger partial charge >= 0.3 is 17.9 Å². The monoisotopic (exact) mass is 875 g/mol. The summed E-state index contributed by atoms with van der Waals surface area (Å²) < 4.78 is 16.8. The van der Waals surface area contributed by atoms with Gasteiger partial charge in [0.1, 0.15) is 13.2 Å². The summed E-state index contributed by atoms with van der Waals surface area (Å²) in [6, 6.07) is 0. The lowest BCUT2D eigenvalue weighted by Gasteiger charge is -2.18. The molecule has 0 spiro atoms. The second-order valence-electron chi connectivity index (χ2n) is 18.9. The standard InChI is InChI=1S/C56H106O6/c1-4-7-10-13-16-19-22-25-27-28-29-32-34-37-40-43-46-49-55(58)61-52-53(51-60-54(57)48-45-42-39-36-33-30-24-21-18-15-12-9-6-3)62-56(59)50-47-44-41-38-35-31-26-23-20-17-14-11-8-5-2/h25,27,53H,4-24,26,28-52H2,1-3H3/b27-25-. The van der Waals surface area contributed by atoms with E-state index < -0.39 is 6.10 Å². The quantitative estimate of drug-likeness (QED) is 0.0262. The molecule has 0 amide bonds. The van der Waals surface area contributed by atoms with E-state index >= 15 is 0 Å². The van der Waals surface area contributed by atoms with Crippen molar-refractivity contribution in [2.45, 2.75) is 316 Å². The molecular formula is C56H106O6. The molecule has 0 aromatic heterocycles. The van der Waals surface area contributed by atoms with Gasteiger partial charge in [-0.1, -0.05) is 258 Å². The van der Waals surface area contributed by atoms with Crippen LogP contribution in [0.25, 0.3) is 0 Å². The van der Waals surface area contributed by atoms with Crippen molar-refractivity contribution in [2.75, 3.05) is 13.2 Å². The van der Waals surface area contributed by atoms with Gasteiger partial charge in [0.2, 0.25) is 0 Å². The van der Waals surface area contributed by atoms with E-state index in [0.29, 0.717) is 19.3 Å². The zero-order chi connectivity index (χ0) is 45.1. The van der Waals surface area contributed by atoms with Gasteiger partial charge in [0.15, 0.2) is 6.10 Å². The Labute approximate surface area is 386 Å². The van der Waals surface area contributed by atoms with Crippen molar-refractivity contribution in [1.29, 1.82) is 0 Å². The Morgan fingerprint density at radius 2 is 0.532 bits per heavy atom. The molecule has 0 aliphatic carbocycles. The number of rotatable bonds is 51. The lowest BCUT2D eigenvalue weighted by molar-refractivity contribution is -0.167. The van der Waals surface area contributed by atoms with Crippen molar-refractivity contribution < 1.29 is 28.6 Å². The number of allylic oxidation sites excluding steroid dienone is 2. The first-order valence-electron chi connectivity index (χ1n) is 27.7. The first-order chi connectivity index (χ1) is 30.5. The topological polar surface area (TPSA) is 78.9 Å². The molecule has 0 N–H and O–H groups in total. The van der Waals surface area contributed by atoms with Gasteiger partial charge < -0.3 is 14.2 Å². The van der Waals surface area contributed by atoms with E-state index in [-0.39, 0.29) is 31.1 Å². The predicted molar refractivity (Wildman–Crippen MR) is 266 cm³/mol. The van der Waals surface area contributed by atoms with Crippen molar-refractivity contribution >= 4 is 17.9 Å². The fraction of sp³-hybridized carbons (Fsp3) is 0.911. The summed E-state index contributed by atoms with van der Waals surface area (Å²) in [4.78, 5) is 38.0. The van der Waals surface area contributed by atoms with Crippen LogP contribution >= 0.6 is 0 Å². The molecule has 0 aromatic rings. The van der Waals surface area contributed by atoms with Crippen LogP contribution in [0.1, 0.15) is 310 Å². The molecule has 0 bridgehead atoms. The molecule has 1 unspecified atom stereocenters. The lowest BCUT2D eigenvalue weighted by Crippen LogP contribution is -2.30. The van der Waals surface area contributed by atoms with E-state index in [1.165, 1.54) is 212 Å². The summed E-state index contributed by atoms with van der Waals surface area (Å²) in [7, 11) is 0. The van der Waals surface area contributed by atoms with Crippen LogP contribution in [0.2, 0.25) is 0 Å². The number of carbonyl (C=O) groups excluding carboxylic acids is 3. The van der Waals surface area contributed by atoms with Gasteiger partial charge in [-0.05, 0) is 44.9 Å². The molecular weight excluding hydrogens is 769 g/mol. The molecule has 0 aliphatic heterocycles. The lowest BCUT2D eigenvalue weighted by atomic mass is 10.0. The largest absolute Gasteiger partial charge is 0.462 e. The molecule has 0 aliphatic rings. The molecule has 0 fully saturated rings. The van der Waals surface area contributed by atoms with Gasteiger partial charge in [0.05, 0.1) is 0 Å². The SMILES string of the molecule is CCCCCCCC/C=C\CCCCCCCCCC(=O)OCC(COC(=O)CCCCCCCCCCCCCCC)OC(=O)CCCCCCCCCCCCCCCC. The summed E-state index contributed by atoms with van der Waals surface area (Å²) in [6.45, 7) is 6.68. The van der Waals surface area contributed by atoms with Crippen LogP contribution in [0.15, 0.2) is 12.2 Å². The number of ether oxygens (including phenoxy) is 3. The molecule has 0 aromatic carbocycles. The number of hydrogen-bond acceptors (Lipinski definition) is 6. The van der Waals surface area contributed by atoms with E-state index in [9.17, 15) is 14.4 Å². The fourth-order valence-corrected chi connectivity index (χ4v) is 8.32. The Balaban J connectivity index is 4.31. The predicted octanol–water partition coefficient (Wildman–Crippen LogP) is 18.2. The van der Waals surface area contributed by atoms with Crippen LogP contribution in [-0.4, -0.2) is 37.2 Å². The normalized spacial score (nSPS) is 12.0. The highest BCUT2D eigenvalue weighted by Gasteiger charge is 2.19. The Hall–Kier alpha value is -1.85. The molecule has 6 nitrogen and oxygen atoms in total. The van der Waals surface area contributed by atoms with E-state index in [1.54, 1.807) is 0 Å². The highest BCUT2D eigenvalue weighted by molar-refractivity contribution is 5.71. The first-order valence-corrected chi connectivity index (χ1v) is 27.7. The van der Waals surface area contributed by atoms with Crippen molar-refractivity contribution in [3.05, 3.63) is 12.2 Å².